The Kier molecular flexibility index (Phi) is 3.22. The molecule has 1 aliphatic rings. The van der Waals surface area contributed by atoms with Crippen molar-refractivity contribution in [3.8, 4) is 0 Å². The average Bonchev–Trinajstić information content (AvgIpc) is 2.08. The molecule has 1 aliphatic carbocycles. The molecule has 4 N–H and O–H groups in total. The summed E-state index contributed by atoms with van der Waals surface area (Å²) in [6.07, 6.45) is 4.88. The zero-order valence-corrected chi connectivity index (χ0v) is 7.56. The second kappa shape index (κ2) is 4.20. The normalized spacial score (nSPS) is 27.1. The van der Waals surface area contributed by atoms with E-state index in [0.717, 1.165) is 0 Å². The largest absolute Gasteiger partial charge is 0.478 e. The van der Waals surface area contributed by atoms with Crippen LogP contribution in [0.4, 0.5) is 0 Å². The zero-order valence-electron chi connectivity index (χ0n) is 7.56. The van der Waals surface area contributed by atoms with Gasteiger partial charge in [-0.2, -0.15) is 0 Å². The number of carboxylic acids is 1. The van der Waals surface area contributed by atoms with Gasteiger partial charge in [0.1, 0.15) is 12.1 Å². The third kappa shape index (κ3) is 2.17. The first-order valence-electron chi connectivity index (χ1n) is 4.23. The van der Waals surface area contributed by atoms with Gasteiger partial charge in [-0.3, -0.25) is 0 Å². The van der Waals surface area contributed by atoms with Crippen molar-refractivity contribution >= 4 is 5.97 Å². The van der Waals surface area contributed by atoms with E-state index < -0.39 is 5.97 Å². The molecule has 0 aromatic rings. The lowest BCUT2D eigenvalue weighted by Gasteiger charge is -2.20. The molecule has 0 fully saturated rings. The van der Waals surface area contributed by atoms with Crippen molar-refractivity contribution in [1.29, 1.82) is 0 Å². The molecule has 0 amide bonds. The molecule has 72 valence electrons. The Morgan fingerprint density at radius 2 is 2.46 bits per heavy atom. The summed E-state index contributed by atoms with van der Waals surface area (Å²) in [5.41, 5.74) is 4.08. The van der Waals surface area contributed by atoms with Crippen LogP contribution in [-0.2, 0) is 9.53 Å². The molecule has 0 bridgehead atoms. The van der Waals surface area contributed by atoms with Gasteiger partial charge in [-0.1, -0.05) is 6.08 Å². The summed E-state index contributed by atoms with van der Waals surface area (Å²) in [7, 11) is 0. The lowest BCUT2D eigenvalue weighted by molar-refractivity contribution is -0.421. The molecule has 1 rings (SSSR count). The van der Waals surface area contributed by atoms with E-state index in [0.29, 0.717) is 12.2 Å². The van der Waals surface area contributed by atoms with Gasteiger partial charge in [-0.15, -0.1) is 0 Å². The van der Waals surface area contributed by atoms with E-state index >= 15 is 0 Å². The molecular weight excluding hydrogens is 170 g/mol. The van der Waals surface area contributed by atoms with Crippen LogP contribution >= 0.6 is 0 Å². The fourth-order valence-electron chi connectivity index (χ4n) is 1.30. The first kappa shape index (κ1) is 9.95. The van der Waals surface area contributed by atoms with Gasteiger partial charge in [0.15, 0.2) is 0 Å². The third-order valence-corrected chi connectivity index (χ3v) is 1.98. The van der Waals surface area contributed by atoms with Gasteiger partial charge < -0.3 is 15.6 Å². The molecule has 4 nitrogen and oxygen atoms in total. The maximum absolute atomic E-state index is 10.7. The van der Waals surface area contributed by atoms with Crippen LogP contribution in [0.1, 0.15) is 6.92 Å². The second-order valence-electron chi connectivity index (χ2n) is 2.84. The number of ether oxygens (including phenoxy) is 1. The molecule has 0 radical (unpaired) electrons. The van der Waals surface area contributed by atoms with E-state index in [1.165, 1.54) is 0 Å². The molecule has 4 heteroatoms. The van der Waals surface area contributed by atoms with E-state index in [1.54, 1.807) is 12.2 Å². The van der Waals surface area contributed by atoms with Gasteiger partial charge >= 0.3 is 5.97 Å². The lowest BCUT2D eigenvalue weighted by Crippen LogP contribution is -2.68. The van der Waals surface area contributed by atoms with Crippen LogP contribution in [0.3, 0.4) is 0 Å². The summed E-state index contributed by atoms with van der Waals surface area (Å²) >= 11 is 0. The lowest BCUT2D eigenvalue weighted by atomic mass is 9.97. The number of rotatable bonds is 3. The summed E-state index contributed by atoms with van der Waals surface area (Å²) < 4.78 is 5.32. The van der Waals surface area contributed by atoms with Gasteiger partial charge in [0.25, 0.3) is 0 Å². The highest BCUT2D eigenvalue weighted by Gasteiger charge is 2.29. The smallest absolute Gasteiger partial charge is 0.337 e. The molecule has 0 aromatic heterocycles. The minimum Gasteiger partial charge on any atom is -0.478 e. The summed E-state index contributed by atoms with van der Waals surface area (Å²) in [5.74, 6) is -0.922. The molecule has 13 heavy (non-hydrogen) atoms. The standard InChI is InChI=1S/C9H13NO3/c1-2-13-7-5-3-4-6(8(7)10)9(11)12/h3-5,7-8H,2,10H2,1H3,(H,11,12)/p+1/t7-,8-/m1/s1. The maximum Gasteiger partial charge on any atom is 0.337 e. The zero-order chi connectivity index (χ0) is 9.84. The van der Waals surface area contributed by atoms with Crippen LogP contribution in [-0.4, -0.2) is 29.8 Å². The fraction of sp³-hybridized carbons (Fsp3) is 0.444. The van der Waals surface area contributed by atoms with Gasteiger partial charge in [-0.05, 0) is 19.1 Å². The molecule has 0 saturated heterocycles. The van der Waals surface area contributed by atoms with Crippen molar-refractivity contribution in [2.45, 2.75) is 19.1 Å². The van der Waals surface area contributed by atoms with Gasteiger partial charge in [-0.25, -0.2) is 4.79 Å². The Morgan fingerprint density at radius 1 is 1.77 bits per heavy atom. The van der Waals surface area contributed by atoms with Crippen molar-refractivity contribution in [2.75, 3.05) is 6.61 Å². The molecule has 2 atom stereocenters. The minimum absolute atomic E-state index is 0.207. The van der Waals surface area contributed by atoms with Gasteiger partial charge in [0.2, 0.25) is 0 Å². The Morgan fingerprint density at radius 3 is 3.00 bits per heavy atom. The SMILES string of the molecule is CCO[C@@H]1C=CC=C(C(=O)O)[C@H]1[NH3+]. The van der Waals surface area contributed by atoms with Crippen molar-refractivity contribution < 1.29 is 20.4 Å². The summed E-state index contributed by atoms with van der Waals surface area (Å²) in [5, 5.41) is 8.80. The van der Waals surface area contributed by atoms with Crippen LogP contribution in [0.5, 0.6) is 0 Å². The van der Waals surface area contributed by atoms with Crippen LogP contribution in [0.2, 0.25) is 0 Å². The number of hydrogen-bond donors (Lipinski definition) is 2. The Balaban J connectivity index is 2.74. The monoisotopic (exact) mass is 184 g/mol. The van der Waals surface area contributed by atoms with E-state index in [4.69, 9.17) is 9.84 Å². The second-order valence-corrected chi connectivity index (χ2v) is 2.84. The first-order chi connectivity index (χ1) is 6.16. The quantitative estimate of drug-likeness (QED) is 0.625. The molecule has 0 spiro atoms. The summed E-state index contributed by atoms with van der Waals surface area (Å²) in [6.45, 7) is 2.44. The highest BCUT2D eigenvalue weighted by molar-refractivity contribution is 5.88. The fourth-order valence-corrected chi connectivity index (χ4v) is 1.30. The molecular formula is C9H14NO3+. The molecule has 0 unspecified atom stereocenters. The number of carbonyl (C=O) groups is 1. The highest BCUT2D eigenvalue weighted by atomic mass is 16.5. The van der Waals surface area contributed by atoms with Gasteiger partial charge in [0, 0.05) is 6.61 Å². The molecule has 0 aliphatic heterocycles. The molecule has 0 aromatic carbocycles. The highest BCUT2D eigenvalue weighted by Crippen LogP contribution is 2.13. The van der Waals surface area contributed by atoms with Crippen LogP contribution in [0.15, 0.2) is 23.8 Å². The van der Waals surface area contributed by atoms with E-state index in [2.05, 4.69) is 5.73 Å². The van der Waals surface area contributed by atoms with E-state index in [-0.39, 0.29) is 12.1 Å². The summed E-state index contributed by atoms with van der Waals surface area (Å²) in [6, 6.07) is -0.317. The van der Waals surface area contributed by atoms with E-state index in [1.807, 2.05) is 13.0 Å². The Hall–Kier alpha value is -1.13. The predicted molar refractivity (Wildman–Crippen MR) is 46.9 cm³/mol. The Labute approximate surface area is 76.7 Å². The number of hydrogen-bond acceptors (Lipinski definition) is 2. The van der Waals surface area contributed by atoms with E-state index in [9.17, 15) is 4.79 Å². The summed E-state index contributed by atoms with van der Waals surface area (Å²) in [4.78, 5) is 10.7. The molecule has 0 saturated carbocycles. The van der Waals surface area contributed by atoms with Crippen molar-refractivity contribution in [3.63, 3.8) is 0 Å². The minimum atomic E-state index is -0.922. The van der Waals surface area contributed by atoms with Crippen molar-refractivity contribution in [2.24, 2.45) is 0 Å². The molecule has 0 heterocycles. The van der Waals surface area contributed by atoms with Crippen molar-refractivity contribution in [3.05, 3.63) is 23.8 Å². The first-order valence-corrected chi connectivity index (χ1v) is 4.23. The number of carboxylic acid groups (broad SMARTS) is 1. The van der Waals surface area contributed by atoms with Crippen molar-refractivity contribution in [1.82, 2.24) is 0 Å². The number of quaternary nitrogens is 1. The third-order valence-electron chi connectivity index (χ3n) is 1.98. The predicted octanol–water partition coefficient (Wildman–Crippen LogP) is -0.417. The van der Waals surface area contributed by atoms with Gasteiger partial charge in [0.05, 0.1) is 5.57 Å². The average molecular weight is 184 g/mol. The van der Waals surface area contributed by atoms with Crippen LogP contribution < -0.4 is 5.73 Å². The maximum atomic E-state index is 10.7. The number of allylic oxidation sites excluding steroid dienone is 2. The van der Waals surface area contributed by atoms with Crippen LogP contribution in [0.25, 0.3) is 0 Å². The topological polar surface area (TPSA) is 74.2 Å². The number of aliphatic carboxylic acids is 1. The Bertz CT molecular complexity index is 258. The van der Waals surface area contributed by atoms with Crippen LogP contribution in [0, 0.1) is 0 Å².